The lowest BCUT2D eigenvalue weighted by Crippen LogP contribution is -2.18. The molecule has 0 amide bonds. The van der Waals surface area contributed by atoms with Crippen molar-refractivity contribution in [2.75, 3.05) is 0 Å². The maximum Gasteiger partial charge on any atom is 0.380 e. The van der Waals surface area contributed by atoms with E-state index in [0.717, 1.165) is 27.7 Å². The van der Waals surface area contributed by atoms with Crippen molar-refractivity contribution in [2.24, 2.45) is 5.14 Å². The molecule has 9 heteroatoms. The van der Waals surface area contributed by atoms with Crippen LogP contribution in [0.15, 0.2) is 66.7 Å². The molecule has 8 nitrogen and oxygen atoms in total. The zero-order valence-corrected chi connectivity index (χ0v) is 15.9. The van der Waals surface area contributed by atoms with Crippen LogP contribution in [0.4, 0.5) is 0 Å². The van der Waals surface area contributed by atoms with Gasteiger partial charge in [0, 0.05) is 0 Å². The van der Waals surface area contributed by atoms with E-state index < -0.39 is 10.3 Å². The van der Waals surface area contributed by atoms with Crippen LogP contribution in [0.2, 0.25) is 0 Å². The topological polar surface area (TPSA) is 124 Å². The number of nitriles is 1. The monoisotopic (exact) mass is 405 g/mol. The highest BCUT2D eigenvalue weighted by Crippen LogP contribution is 2.27. The molecule has 4 rings (SSSR count). The van der Waals surface area contributed by atoms with Crippen LogP contribution in [-0.4, -0.2) is 23.4 Å². The van der Waals surface area contributed by atoms with Crippen LogP contribution < -0.4 is 9.32 Å². The standard InChI is InChI=1S/C20H15N5O3S/c21-12-16-6-5-14(13-25-20-4-2-1-3-19(20)23-24-25)11-18(16)15-7-9-17(10-8-15)28-29(22,26)27/h1-11H,13H2,(H2,22,26,27). The number of aromatic nitrogens is 3. The summed E-state index contributed by atoms with van der Waals surface area (Å²) in [6, 6.07) is 21.7. The summed E-state index contributed by atoms with van der Waals surface area (Å²) >= 11 is 0. The molecule has 29 heavy (non-hydrogen) atoms. The number of nitrogens with two attached hydrogens (primary N) is 1. The third-order valence-corrected chi connectivity index (χ3v) is 4.76. The number of hydrogen-bond donors (Lipinski definition) is 1. The molecule has 0 aliphatic heterocycles. The third kappa shape index (κ3) is 4.08. The number of para-hydroxylation sites is 1. The number of fused-ring (bicyclic) bond motifs is 1. The van der Waals surface area contributed by atoms with E-state index in [0.29, 0.717) is 12.1 Å². The average molecular weight is 405 g/mol. The maximum atomic E-state index is 11.0. The highest BCUT2D eigenvalue weighted by molar-refractivity contribution is 7.84. The maximum absolute atomic E-state index is 11.0. The van der Waals surface area contributed by atoms with Crippen molar-refractivity contribution in [3.05, 3.63) is 77.9 Å². The molecule has 1 aromatic heterocycles. The van der Waals surface area contributed by atoms with Crippen LogP contribution in [0.5, 0.6) is 5.75 Å². The van der Waals surface area contributed by atoms with Crippen molar-refractivity contribution in [3.8, 4) is 22.9 Å². The van der Waals surface area contributed by atoms with E-state index >= 15 is 0 Å². The Labute approximate surface area is 167 Å². The van der Waals surface area contributed by atoms with Crippen molar-refractivity contribution < 1.29 is 12.6 Å². The van der Waals surface area contributed by atoms with Crippen molar-refractivity contribution in [2.45, 2.75) is 6.54 Å². The fourth-order valence-corrected chi connectivity index (χ4v) is 3.44. The lowest BCUT2D eigenvalue weighted by molar-refractivity contribution is 0.488. The van der Waals surface area contributed by atoms with Crippen molar-refractivity contribution in [3.63, 3.8) is 0 Å². The largest absolute Gasteiger partial charge is 0.380 e. The Morgan fingerprint density at radius 2 is 1.83 bits per heavy atom. The van der Waals surface area contributed by atoms with Gasteiger partial charge in [0.1, 0.15) is 11.3 Å². The molecule has 3 aromatic carbocycles. The Morgan fingerprint density at radius 3 is 2.55 bits per heavy atom. The second-order valence-electron chi connectivity index (χ2n) is 6.33. The first-order valence-corrected chi connectivity index (χ1v) is 10.0. The number of rotatable bonds is 5. The van der Waals surface area contributed by atoms with Crippen LogP contribution in [0.25, 0.3) is 22.2 Å². The highest BCUT2D eigenvalue weighted by Gasteiger charge is 2.11. The fourth-order valence-electron chi connectivity index (χ4n) is 3.06. The SMILES string of the molecule is N#Cc1ccc(Cn2nnc3ccccc32)cc1-c1ccc(OS(N)(=O)=O)cc1. The van der Waals surface area contributed by atoms with Gasteiger partial charge in [-0.3, -0.25) is 0 Å². The van der Waals surface area contributed by atoms with Gasteiger partial charge in [-0.2, -0.15) is 18.8 Å². The number of hydrogen-bond acceptors (Lipinski definition) is 6. The Balaban J connectivity index is 1.68. The highest BCUT2D eigenvalue weighted by atomic mass is 32.2. The second kappa shape index (κ2) is 7.35. The van der Waals surface area contributed by atoms with E-state index in [9.17, 15) is 13.7 Å². The summed E-state index contributed by atoms with van der Waals surface area (Å²) in [4.78, 5) is 0. The zero-order valence-electron chi connectivity index (χ0n) is 15.1. The second-order valence-corrected chi connectivity index (χ2v) is 7.48. The van der Waals surface area contributed by atoms with Crippen molar-refractivity contribution in [1.82, 2.24) is 15.0 Å². The summed E-state index contributed by atoms with van der Waals surface area (Å²) in [6.45, 7) is 0.492. The molecule has 0 spiro atoms. The van der Waals surface area contributed by atoms with E-state index in [1.807, 2.05) is 36.4 Å². The molecule has 0 saturated heterocycles. The van der Waals surface area contributed by atoms with Gasteiger partial charge in [-0.15, -0.1) is 5.10 Å². The van der Waals surface area contributed by atoms with Crippen LogP contribution >= 0.6 is 0 Å². The summed E-state index contributed by atoms with van der Waals surface area (Å²) in [7, 11) is -4.09. The molecule has 0 fully saturated rings. The van der Waals surface area contributed by atoms with Gasteiger partial charge in [0.15, 0.2) is 0 Å². The molecular formula is C20H15N5O3S. The lowest BCUT2D eigenvalue weighted by atomic mass is 9.97. The van der Waals surface area contributed by atoms with E-state index in [-0.39, 0.29) is 5.75 Å². The van der Waals surface area contributed by atoms with Gasteiger partial charge in [0.05, 0.1) is 23.7 Å². The van der Waals surface area contributed by atoms with E-state index in [1.54, 1.807) is 22.9 Å². The van der Waals surface area contributed by atoms with Gasteiger partial charge < -0.3 is 4.18 Å². The molecule has 0 aliphatic carbocycles. The van der Waals surface area contributed by atoms with Crippen molar-refractivity contribution in [1.29, 1.82) is 5.26 Å². The average Bonchev–Trinajstić information content (AvgIpc) is 3.10. The Kier molecular flexibility index (Phi) is 4.72. The van der Waals surface area contributed by atoms with Gasteiger partial charge >= 0.3 is 10.3 Å². The summed E-state index contributed by atoms with van der Waals surface area (Å²) in [5.41, 5.74) is 4.64. The Bertz CT molecular complexity index is 1340. The number of benzene rings is 3. The Hall–Kier alpha value is -3.74. The van der Waals surface area contributed by atoms with E-state index in [1.165, 1.54) is 12.1 Å². The van der Waals surface area contributed by atoms with Gasteiger partial charge in [0.25, 0.3) is 0 Å². The molecule has 0 unspecified atom stereocenters. The molecule has 4 aromatic rings. The fraction of sp³-hybridized carbons (Fsp3) is 0.0500. The van der Waals surface area contributed by atoms with Gasteiger partial charge in [-0.05, 0) is 53.1 Å². The molecule has 2 N–H and O–H groups in total. The lowest BCUT2D eigenvalue weighted by Gasteiger charge is -2.09. The van der Waals surface area contributed by atoms with Crippen LogP contribution in [0.3, 0.4) is 0 Å². The van der Waals surface area contributed by atoms with Gasteiger partial charge in [-0.1, -0.05) is 35.5 Å². The minimum Gasteiger partial charge on any atom is -0.371 e. The molecule has 0 bridgehead atoms. The van der Waals surface area contributed by atoms with Crippen LogP contribution in [0, 0.1) is 11.3 Å². The Morgan fingerprint density at radius 1 is 1.07 bits per heavy atom. The van der Waals surface area contributed by atoms with Crippen LogP contribution in [-0.2, 0) is 16.8 Å². The summed E-state index contributed by atoms with van der Waals surface area (Å²) in [5, 5.41) is 22.7. The molecule has 144 valence electrons. The third-order valence-electron chi connectivity index (χ3n) is 4.33. The molecule has 0 radical (unpaired) electrons. The molecular weight excluding hydrogens is 390 g/mol. The van der Waals surface area contributed by atoms with E-state index in [2.05, 4.69) is 20.6 Å². The smallest absolute Gasteiger partial charge is 0.371 e. The minimum atomic E-state index is -4.09. The summed E-state index contributed by atoms with van der Waals surface area (Å²) < 4.78 is 28.5. The van der Waals surface area contributed by atoms with E-state index in [4.69, 9.17) is 5.14 Å². The first-order valence-electron chi connectivity index (χ1n) is 8.57. The summed E-state index contributed by atoms with van der Waals surface area (Å²) in [6.07, 6.45) is 0. The first kappa shape index (κ1) is 18.6. The minimum absolute atomic E-state index is 0.0972. The van der Waals surface area contributed by atoms with Crippen molar-refractivity contribution >= 4 is 21.3 Å². The van der Waals surface area contributed by atoms with Gasteiger partial charge in [0.2, 0.25) is 0 Å². The molecule has 1 heterocycles. The molecule has 0 saturated carbocycles. The van der Waals surface area contributed by atoms with Crippen LogP contribution in [0.1, 0.15) is 11.1 Å². The summed E-state index contributed by atoms with van der Waals surface area (Å²) in [5.74, 6) is 0.0972. The predicted octanol–water partition coefficient (Wildman–Crippen LogP) is 2.60. The predicted molar refractivity (Wildman–Crippen MR) is 107 cm³/mol. The molecule has 0 aliphatic rings. The zero-order chi connectivity index (χ0) is 20.4. The normalized spacial score (nSPS) is 11.3. The first-order chi connectivity index (χ1) is 13.9. The quantitative estimate of drug-likeness (QED) is 0.544. The van der Waals surface area contributed by atoms with Gasteiger partial charge in [-0.25, -0.2) is 4.68 Å². The number of nitrogens with zero attached hydrogens (tertiary/aromatic N) is 4. The molecule has 0 atom stereocenters.